The van der Waals surface area contributed by atoms with Gasteiger partial charge in [0.15, 0.2) is 0 Å². The molecule has 1 N–H and O–H groups in total. The van der Waals surface area contributed by atoms with E-state index < -0.39 is 28.3 Å². The summed E-state index contributed by atoms with van der Waals surface area (Å²) in [6, 6.07) is 10.7. The molecule has 0 radical (unpaired) electrons. The molecular weight excluding hydrogens is 354 g/mol. The van der Waals surface area contributed by atoms with Gasteiger partial charge in [-0.2, -0.15) is 0 Å². The summed E-state index contributed by atoms with van der Waals surface area (Å²) in [5.74, 6) is -1.37. The van der Waals surface area contributed by atoms with E-state index in [2.05, 4.69) is 5.32 Å². The first-order valence-electron chi connectivity index (χ1n) is 8.00. The van der Waals surface area contributed by atoms with Crippen molar-refractivity contribution in [3.05, 3.63) is 63.7 Å². The number of hydrogen-bond acceptors (Lipinski definition) is 6. The average Bonchev–Trinajstić information content (AvgIpc) is 2.91. The summed E-state index contributed by atoms with van der Waals surface area (Å²) >= 11 is 0. The van der Waals surface area contributed by atoms with E-state index in [0.717, 1.165) is 4.90 Å². The first-order valence-corrected chi connectivity index (χ1v) is 8.00. The minimum absolute atomic E-state index is 0.0284. The van der Waals surface area contributed by atoms with E-state index in [1.54, 1.807) is 24.3 Å². The Labute approximate surface area is 153 Å². The van der Waals surface area contributed by atoms with Gasteiger partial charge in [-0.15, -0.1) is 0 Å². The first kappa shape index (κ1) is 18.1. The second-order valence-corrected chi connectivity index (χ2v) is 5.72. The molecule has 9 heteroatoms. The molecular formula is C18H15N3O6. The molecule has 0 spiro atoms. The van der Waals surface area contributed by atoms with Gasteiger partial charge in [0, 0.05) is 19.0 Å². The Balaban J connectivity index is 1.71. The van der Waals surface area contributed by atoms with E-state index in [-0.39, 0.29) is 24.1 Å². The number of benzene rings is 2. The lowest BCUT2D eigenvalue weighted by Crippen LogP contribution is -2.33. The molecule has 0 aliphatic carbocycles. The van der Waals surface area contributed by atoms with Crippen molar-refractivity contribution in [2.75, 3.05) is 19.0 Å². The summed E-state index contributed by atoms with van der Waals surface area (Å²) in [5.41, 5.74) is -0.230. The van der Waals surface area contributed by atoms with E-state index in [4.69, 9.17) is 4.74 Å². The number of ether oxygens (including phenoxy) is 1. The molecule has 0 fully saturated rings. The molecule has 138 valence electrons. The predicted molar refractivity (Wildman–Crippen MR) is 94.7 cm³/mol. The quantitative estimate of drug-likeness (QED) is 0.474. The van der Waals surface area contributed by atoms with Gasteiger partial charge in [-0.05, 0) is 18.2 Å². The Morgan fingerprint density at radius 3 is 2.59 bits per heavy atom. The molecule has 0 saturated carbocycles. The second kappa shape index (κ2) is 7.24. The fraction of sp³-hybridized carbons (Fsp3) is 0.167. The van der Waals surface area contributed by atoms with Gasteiger partial charge in [-0.3, -0.25) is 29.4 Å². The lowest BCUT2D eigenvalue weighted by molar-refractivity contribution is -0.385. The van der Waals surface area contributed by atoms with Crippen molar-refractivity contribution in [1.29, 1.82) is 0 Å². The fourth-order valence-electron chi connectivity index (χ4n) is 2.84. The van der Waals surface area contributed by atoms with Crippen molar-refractivity contribution in [2.24, 2.45) is 0 Å². The topological polar surface area (TPSA) is 119 Å². The van der Waals surface area contributed by atoms with Crippen LogP contribution >= 0.6 is 0 Å². The van der Waals surface area contributed by atoms with Crippen LogP contribution in [-0.2, 0) is 4.79 Å². The zero-order chi connectivity index (χ0) is 19.6. The highest BCUT2D eigenvalue weighted by Crippen LogP contribution is 2.31. The fourth-order valence-corrected chi connectivity index (χ4v) is 2.84. The normalized spacial score (nSPS) is 12.7. The van der Waals surface area contributed by atoms with Crippen LogP contribution in [0.2, 0.25) is 0 Å². The highest BCUT2D eigenvalue weighted by Gasteiger charge is 2.40. The van der Waals surface area contributed by atoms with Crippen molar-refractivity contribution < 1.29 is 24.0 Å². The van der Waals surface area contributed by atoms with E-state index in [0.29, 0.717) is 11.4 Å². The molecule has 0 atom stereocenters. The molecule has 2 aromatic carbocycles. The number of nitrogens with zero attached hydrogens (tertiary/aromatic N) is 2. The van der Waals surface area contributed by atoms with Crippen LogP contribution in [0.15, 0.2) is 42.5 Å². The van der Waals surface area contributed by atoms with Crippen LogP contribution in [0.25, 0.3) is 0 Å². The van der Waals surface area contributed by atoms with E-state index in [9.17, 15) is 24.5 Å². The van der Waals surface area contributed by atoms with E-state index in [1.807, 2.05) is 0 Å². The van der Waals surface area contributed by atoms with Gasteiger partial charge in [-0.1, -0.05) is 18.2 Å². The number of nitrogens with one attached hydrogen (secondary N) is 1. The highest BCUT2D eigenvalue weighted by atomic mass is 16.6. The summed E-state index contributed by atoms with van der Waals surface area (Å²) in [4.78, 5) is 48.2. The molecule has 9 nitrogen and oxygen atoms in total. The van der Waals surface area contributed by atoms with Crippen LogP contribution in [0.4, 0.5) is 11.4 Å². The number of hydrogen-bond donors (Lipinski definition) is 1. The summed E-state index contributed by atoms with van der Waals surface area (Å²) in [6.45, 7) is -0.190. The summed E-state index contributed by atoms with van der Waals surface area (Å²) < 4.78 is 5.14. The number of nitro groups is 1. The van der Waals surface area contributed by atoms with Crippen molar-refractivity contribution in [1.82, 2.24) is 4.90 Å². The number of carbonyl (C=O) groups excluding carboxylic acids is 3. The lowest BCUT2D eigenvalue weighted by Gasteiger charge is -2.14. The van der Waals surface area contributed by atoms with Gasteiger partial charge >= 0.3 is 0 Å². The third kappa shape index (κ3) is 3.34. The average molecular weight is 369 g/mol. The van der Waals surface area contributed by atoms with Gasteiger partial charge in [-0.25, -0.2) is 0 Å². The SMILES string of the molecule is COc1ccccc1NC(=O)CCN1C(=O)c2cccc([N+](=O)[O-])c2C1=O. The van der Waals surface area contributed by atoms with Crippen molar-refractivity contribution in [3.8, 4) is 5.75 Å². The van der Waals surface area contributed by atoms with E-state index >= 15 is 0 Å². The number of rotatable bonds is 6. The molecule has 0 aromatic heterocycles. The maximum atomic E-state index is 12.5. The van der Waals surface area contributed by atoms with Crippen molar-refractivity contribution in [3.63, 3.8) is 0 Å². The Bertz CT molecular complexity index is 956. The molecule has 0 bridgehead atoms. The highest BCUT2D eigenvalue weighted by molar-refractivity contribution is 6.23. The molecule has 1 heterocycles. The molecule has 27 heavy (non-hydrogen) atoms. The molecule has 0 saturated heterocycles. The number of carbonyl (C=O) groups is 3. The summed E-state index contributed by atoms with van der Waals surface area (Å²) in [5, 5.41) is 13.7. The Hall–Kier alpha value is -3.75. The number of anilines is 1. The van der Waals surface area contributed by atoms with Crippen molar-refractivity contribution >= 4 is 29.1 Å². The first-order chi connectivity index (χ1) is 12.9. The largest absolute Gasteiger partial charge is 0.495 e. The van der Waals surface area contributed by atoms with Crippen LogP contribution in [-0.4, -0.2) is 41.2 Å². The lowest BCUT2D eigenvalue weighted by atomic mass is 10.1. The minimum Gasteiger partial charge on any atom is -0.495 e. The standard InChI is InChI=1S/C18H15N3O6/c1-27-14-8-3-2-6-12(14)19-15(22)9-10-20-17(23)11-5-4-7-13(21(25)26)16(11)18(20)24/h2-8H,9-10H2,1H3,(H,19,22). The Morgan fingerprint density at radius 2 is 1.89 bits per heavy atom. The van der Waals surface area contributed by atoms with Gasteiger partial charge < -0.3 is 10.1 Å². The molecule has 1 aliphatic heterocycles. The number of para-hydroxylation sites is 2. The van der Waals surface area contributed by atoms with Gasteiger partial charge in [0.25, 0.3) is 17.5 Å². The summed E-state index contributed by atoms with van der Waals surface area (Å²) in [7, 11) is 1.47. The van der Waals surface area contributed by atoms with Gasteiger partial charge in [0.1, 0.15) is 11.3 Å². The predicted octanol–water partition coefficient (Wildman–Crippen LogP) is 2.23. The number of amides is 3. The zero-order valence-corrected chi connectivity index (χ0v) is 14.3. The molecule has 1 aliphatic rings. The van der Waals surface area contributed by atoms with Gasteiger partial charge in [0.2, 0.25) is 5.91 Å². The maximum Gasteiger partial charge on any atom is 0.282 e. The van der Waals surface area contributed by atoms with Crippen LogP contribution in [0.3, 0.4) is 0 Å². The maximum absolute atomic E-state index is 12.5. The third-order valence-corrected chi connectivity index (χ3v) is 4.12. The third-order valence-electron chi connectivity index (χ3n) is 4.12. The Morgan fingerprint density at radius 1 is 1.15 bits per heavy atom. The monoisotopic (exact) mass is 369 g/mol. The molecule has 3 rings (SSSR count). The minimum atomic E-state index is -0.771. The second-order valence-electron chi connectivity index (χ2n) is 5.72. The van der Waals surface area contributed by atoms with Crippen LogP contribution in [0.5, 0.6) is 5.75 Å². The molecule has 2 aromatic rings. The summed E-state index contributed by atoms with van der Waals surface area (Å²) in [6.07, 6.45) is -0.155. The van der Waals surface area contributed by atoms with E-state index in [1.165, 1.54) is 25.3 Å². The van der Waals surface area contributed by atoms with Gasteiger partial charge in [0.05, 0.1) is 23.3 Å². The number of fused-ring (bicyclic) bond motifs is 1. The number of nitro benzene ring substituents is 1. The molecule has 0 unspecified atom stereocenters. The van der Waals surface area contributed by atoms with Crippen LogP contribution < -0.4 is 10.1 Å². The Kier molecular flexibility index (Phi) is 4.84. The smallest absolute Gasteiger partial charge is 0.282 e. The molecule has 3 amide bonds. The van der Waals surface area contributed by atoms with Crippen LogP contribution in [0.1, 0.15) is 27.1 Å². The number of imide groups is 1. The van der Waals surface area contributed by atoms with Crippen LogP contribution in [0, 0.1) is 10.1 Å². The number of methoxy groups -OCH3 is 1. The zero-order valence-electron chi connectivity index (χ0n) is 14.3. The van der Waals surface area contributed by atoms with Crippen molar-refractivity contribution in [2.45, 2.75) is 6.42 Å².